The second kappa shape index (κ2) is 4.92. The molecule has 0 spiro atoms. The Hall–Kier alpha value is -1.65. The number of carbonyl (C=O) groups is 1. The number of carbonyl (C=O) groups excluding carboxylic acids is 1. The van der Waals surface area contributed by atoms with Crippen molar-refractivity contribution >= 4 is 17.5 Å². The molecule has 0 aliphatic heterocycles. The van der Waals surface area contributed by atoms with Gasteiger partial charge in [-0.25, -0.2) is 0 Å². The predicted molar refractivity (Wildman–Crippen MR) is 62.2 cm³/mol. The van der Waals surface area contributed by atoms with Crippen LogP contribution in [0.15, 0.2) is 12.1 Å². The summed E-state index contributed by atoms with van der Waals surface area (Å²) < 4.78 is 0. The zero-order valence-electron chi connectivity index (χ0n) is 9.36. The van der Waals surface area contributed by atoms with E-state index in [2.05, 4.69) is 20.8 Å². The van der Waals surface area contributed by atoms with Gasteiger partial charge >= 0.3 is 0 Å². The molecule has 1 aromatic rings. The van der Waals surface area contributed by atoms with Gasteiger partial charge in [0.25, 0.3) is 0 Å². The quantitative estimate of drug-likeness (QED) is 0.793. The van der Waals surface area contributed by atoms with E-state index in [1.807, 2.05) is 13.0 Å². The van der Waals surface area contributed by atoms with Crippen LogP contribution >= 0.6 is 0 Å². The largest absolute Gasteiger partial charge is 0.366 e. The van der Waals surface area contributed by atoms with Crippen molar-refractivity contribution in [2.75, 3.05) is 10.6 Å². The van der Waals surface area contributed by atoms with Crippen molar-refractivity contribution in [3.8, 4) is 0 Å². The Morgan fingerprint density at radius 1 is 1.38 bits per heavy atom. The lowest BCUT2D eigenvalue weighted by Gasteiger charge is -2.04. The fraction of sp³-hybridized carbons (Fsp3) is 0.545. The van der Waals surface area contributed by atoms with Crippen LogP contribution in [0, 0.1) is 0 Å². The first-order chi connectivity index (χ1) is 7.78. The van der Waals surface area contributed by atoms with E-state index in [4.69, 9.17) is 0 Å². The highest BCUT2D eigenvalue weighted by molar-refractivity contribution is 5.89. The summed E-state index contributed by atoms with van der Waals surface area (Å²) in [5.74, 6) is 1.27. The minimum atomic E-state index is -0.0142. The standard InChI is InChI=1S/C11H16N4O/c1-2-3-11(16)13-10-7-6-9(14-15-10)12-8-4-5-8/h6-8H,2-5H2,1H3,(H,12,14)(H,13,15,16). The summed E-state index contributed by atoms with van der Waals surface area (Å²) in [6.07, 6.45) is 3.76. The van der Waals surface area contributed by atoms with Gasteiger partial charge in [0.15, 0.2) is 5.82 Å². The molecule has 0 atom stereocenters. The van der Waals surface area contributed by atoms with Crippen molar-refractivity contribution in [2.24, 2.45) is 0 Å². The molecule has 86 valence electrons. The molecule has 1 aliphatic rings. The van der Waals surface area contributed by atoms with Crippen molar-refractivity contribution < 1.29 is 4.79 Å². The molecule has 0 radical (unpaired) electrons. The average molecular weight is 220 g/mol. The summed E-state index contributed by atoms with van der Waals surface area (Å²) in [6, 6.07) is 4.17. The first-order valence-electron chi connectivity index (χ1n) is 5.68. The first-order valence-corrected chi connectivity index (χ1v) is 5.68. The summed E-state index contributed by atoms with van der Waals surface area (Å²) in [6.45, 7) is 1.97. The van der Waals surface area contributed by atoms with Crippen LogP contribution in [0.1, 0.15) is 32.6 Å². The Kier molecular flexibility index (Phi) is 3.34. The fourth-order valence-corrected chi connectivity index (χ4v) is 1.35. The highest BCUT2D eigenvalue weighted by atomic mass is 16.1. The molecule has 0 aromatic carbocycles. The summed E-state index contributed by atoms with van der Waals surface area (Å²) in [5, 5.41) is 13.9. The summed E-state index contributed by atoms with van der Waals surface area (Å²) >= 11 is 0. The Morgan fingerprint density at radius 3 is 2.62 bits per heavy atom. The molecule has 0 saturated heterocycles. The van der Waals surface area contributed by atoms with Crippen LogP contribution in [-0.4, -0.2) is 22.1 Å². The summed E-state index contributed by atoms with van der Waals surface area (Å²) in [7, 11) is 0. The molecule has 1 aliphatic carbocycles. The van der Waals surface area contributed by atoms with Crippen LogP contribution in [0.4, 0.5) is 11.6 Å². The van der Waals surface area contributed by atoms with Crippen LogP contribution in [0.25, 0.3) is 0 Å². The van der Waals surface area contributed by atoms with Crippen LogP contribution < -0.4 is 10.6 Å². The number of hydrogen-bond donors (Lipinski definition) is 2. The van der Waals surface area contributed by atoms with Gasteiger partial charge in [0.05, 0.1) is 0 Å². The minimum Gasteiger partial charge on any atom is -0.366 e. The van der Waals surface area contributed by atoms with Gasteiger partial charge in [0, 0.05) is 12.5 Å². The third-order valence-electron chi connectivity index (χ3n) is 2.34. The molecule has 1 aromatic heterocycles. The van der Waals surface area contributed by atoms with Gasteiger partial charge in [-0.05, 0) is 31.4 Å². The SMILES string of the molecule is CCCC(=O)Nc1ccc(NC2CC2)nn1. The second-order valence-corrected chi connectivity index (χ2v) is 4.02. The molecule has 0 bridgehead atoms. The molecule has 16 heavy (non-hydrogen) atoms. The van der Waals surface area contributed by atoms with Gasteiger partial charge in [-0.1, -0.05) is 6.92 Å². The normalized spacial score (nSPS) is 14.6. The maximum absolute atomic E-state index is 11.3. The number of nitrogens with zero attached hydrogens (tertiary/aromatic N) is 2. The van der Waals surface area contributed by atoms with E-state index < -0.39 is 0 Å². The first kappa shape index (κ1) is 10.9. The Balaban J connectivity index is 1.87. The Bertz CT molecular complexity index is 359. The van der Waals surface area contributed by atoms with E-state index >= 15 is 0 Å². The monoisotopic (exact) mass is 220 g/mol. The van der Waals surface area contributed by atoms with Gasteiger partial charge < -0.3 is 10.6 Å². The van der Waals surface area contributed by atoms with Gasteiger partial charge in [-0.15, -0.1) is 10.2 Å². The molecule has 1 fully saturated rings. The van der Waals surface area contributed by atoms with Crippen molar-refractivity contribution in [2.45, 2.75) is 38.6 Å². The number of nitrogens with one attached hydrogen (secondary N) is 2. The van der Waals surface area contributed by atoms with Crippen molar-refractivity contribution in [1.29, 1.82) is 0 Å². The molecular weight excluding hydrogens is 204 g/mol. The highest BCUT2D eigenvalue weighted by Crippen LogP contribution is 2.23. The Morgan fingerprint density at radius 2 is 2.06 bits per heavy atom. The summed E-state index contributed by atoms with van der Waals surface area (Å²) in [5.41, 5.74) is 0. The van der Waals surface area contributed by atoms with Crippen LogP contribution in [-0.2, 0) is 4.79 Å². The van der Waals surface area contributed by atoms with E-state index in [9.17, 15) is 4.79 Å². The number of hydrogen-bond acceptors (Lipinski definition) is 4. The molecule has 0 unspecified atom stereocenters. The third kappa shape index (κ3) is 3.18. The molecule has 2 rings (SSSR count). The molecule has 1 amide bonds. The zero-order valence-corrected chi connectivity index (χ0v) is 9.36. The number of anilines is 2. The van der Waals surface area contributed by atoms with E-state index in [1.165, 1.54) is 12.8 Å². The Labute approximate surface area is 94.6 Å². The van der Waals surface area contributed by atoms with Gasteiger partial charge in [-0.2, -0.15) is 0 Å². The fourth-order valence-electron chi connectivity index (χ4n) is 1.35. The predicted octanol–water partition coefficient (Wildman–Crippen LogP) is 1.79. The number of aromatic nitrogens is 2. The van der Waals surface area contributed by atoms with Gasteiger partial charge in [0.1, 0.15) is 5.82 Å². The van der Waals surface area contributed by atoms with Crippen LogP contribution in [0.2, 0.25) is 0 Å². The number of amides is 1. The van der Waals surface area contributed by atoms with E-state index in [0.29, 0.717) is 18.3 Å². The molecular formula is C11H16N4O. The maximum Gasteiger partial charge on any atom is 0.225 e. The van der Waals surface area contributed by atoms with Crippen molar-refractivity contribution in [3.63, 3.8) is 0 Å². The molecule has 1 saturated carbocycles. The molecule has 5 nitrogen and oxygen atoms in total. The lowest BCUT2D eigenvalue weighted by atomic mass is 10.3. The van der Waals surface area contributed by atoms with E-state index in [0.717, 1.165) is 12.2 Å². The third-order valence-corrected chi connectivity index (χ3v) is 2.34. The maximum atomic E-state index is 11.3. The highest BCUT2D eigenvalue weighted by Gasteiger charge is 2.21. The van der Waals surface area contributed by atoms with Gasteiger partial charge in [-0.3, -0.25) is 4.79 Å². The van der Waals surface area contributed by atoms with E-state index in [1.54, 1.807) is 6.07 Å². The smallest absolute Gasteiger partial charge is 0.225 e. The molecule has 5 heteroatoms. The van der Waals surface area contributed by atoms with Gasteiger partial charge in [0.2, 0.25) is 5.91 Å². The topological polar surface area (TPSA) is 66.9 Å². The average Bonchev–Trinajstić information content (AvgIpc) is 3.05. The van der Waals surface area contributed by atoms with Crippen molar-refractivity contribution in [3.05, 3.63) is 12.1 Å². The molecule has 1 heterocycles. The van der Waals surface area contributed by atoms with E-state index in [-0.39, 0.29) is 5.91 Å². The second-order valence-electron chi connectivity index (χ2n) is 4.02. The van der Waals surface area contributed by atoms with Crippen molar-refractivity contribution in [1.82, 2.24) is 10.2 Å². The van der Waals surface area contributed by atoms with Crippen LogP contribution in [0.3, 0.4) is 0 Å². The van der Waals surface area contributed by atoms with Crippen LogP contribution in [0.5, 0.6) is 0 Å². The zero-order chi connectivity index (χ0) is 11.4. The lowest BCUT2D eigenvalue weighted by molar-refractivity contribution is -0.116. The summed E-state index contributed by atoms with van der Waals surface area (Å²) in [4.78, 5) is 11.3. The lowest BCUT2D eigenvalue weighted by Crippen LogP contribution is -2.13. The minimum absolute atomic E-state index is 0.0142. The number of rotatable bonds is 5. The molecule has 2 N–H and O–H groups in total.